The van der Waals surface area contributed by atoms with E-state index in [2.05, 4.69) is 68.9 Å². The quantitative estimate of drug-likeness (QED) is 0.293. The number of rotatable bonds is 10. The first-order chi connectivity index (χ1) is 17.3. The smallest absolute Gasteiger partial charge is 0.211 e. The largest absolute Gasteiger partial charge is 0.343 e. The highest BCUT2D eigenvalue weighted by atomic mass is 32.2. The van der Waals surface area contributed by atoms with Crippen molar-refractivity contribution in [1.29, 1.82) is 0 Å². The van der Waals surface area contributed by atoms with Gasteiger partial charge in [-0.3, -0.25) is 4.98 Å². The molecule has 5 nitrogen and oxygen atoms in total. The second kappa shape index (κ2) is 11.5. The molecule has 36 heavy (non-hydrogen) atoms. The molecule has 4 rings (SSSR count). The zero-order valence-corrected chi connectivity index (χ0v) is 23.6. The van der Waals surface area contributed by atoms with Gasteiger partial charge < -0.3 is 4.57 Å². The van der Waals surface area contributed by atoms with Crippen LogP contribution in [0.2, 0.25) is 0 Å². The zero-order valence-electron chi connectivity index (χ0n) is 22.8. The molecule has 0 saturated carbocycles. The molecule has 1 aromatic carbocycles. The third kappa shape index (κ3) is 5.40. The van der Waals surface area contributed by atoms with Crippen LogP contribution in [0.15, 0.2) is 36.7 Å². The van der Waals surface area contributed by atoms with Gasteiger partial charge in [-0.1, -0.05) is 58.7 Å². The maximum atomic E-state index is 12.1. The fourth-order valence-electron chi connectivity index (χ4n) is 6.10. The molecule has 3 heterocycles. The van der Waals surface area contributed by atoms with Gasteiger partial charge in [0.2, 0.25) is 10.0 Å². The summed E-state index contributed by atoms with van der Waals surface area (Å²) in [7, 11) is -3.14. The van der Waals surface area contributed by atoms with E-state index in [1.54, 1.807) is 4.31 Å². The summed E-state index contributed by atoms with van der Waals surface area (Å²) in [4.78, 5) is 5.05. The lowest BCUT2D eigenvalue weighted by molar-refractivity contribution is 0.321. The van der Waals surface area contributed by atoms with Crippen LogP contribution < -0.4 is 0 Å². The summed E-state index contributed by atoms with van der Waals surface area (Å²) < 4.78 is 28.4. The number of fused-ring (bicyclic) bond motifs is 1. The second-order valence-electron chi connectivity index (χ2n) is 10.4. The maximum Gasteiger partial charge on any atom is 0.211 e. The number of pyridine rings is 1. The molecule has 0 amide bonds. The van der Waals surface area contributed by atoms with E-state index in [1.807, 2.05) is 0 Å². The Morgan fingerprint density at radius 3 is 2.14 bits per heavy atom. The van der Waals surface area contributed by atoms with E-state index in [4.69, 9.17) is 4.98 Å². The minimum atomic E-state index is -3.14. The van der Waals surface area contributed by atoms with Crippen LogP contribution in [-0.2, 0) is 22.9 Å². The van der Waals surface area contributed by atoms with Crippen molar-refractivity contribution in [3.8, 4) is 11.3 Å². The second-order valence-corrected chi connectivity index (χ2v) is 12.4. The molecule has 0 N–H and O–H groups in total. The fraction of sp³-hybridized carbons (Fsp3) is 0.567. The lowest BCUT2D eigenvalue weighted by Gasteiger charge is -2.30. The predicted molar refractivity (Wildman–Crippen MR) is 151 cm³/mol. The lowest BCUT2D eigenvalue weighted by Crippen LogP contribution is -2.37. The predicted octanol–water partition coefficient (Wildman–Crippen LogP) is 7.11. The summed E-state index contributed by atoms with van der Waals surface area (Å²) >= 11 is 0. The number of sulfonamides is 1. The Hall–Kier alpha value is -2.18. The van der Waals surface area contributed by atoms with Crippen molar-refractivity contribution in [3.63, 3.8) is 0 Å². The van der Waals surface area contributed by atoms with Gasteiger partial charge in [-0.15, -0.1) is 0 Å². The Kier molecular flexibility index (Phi) is 8.56. The maximum absolute atomic E-state index is 12.1. The molecule has 2 aromatic heterocycles. The Bertz CT molecular complexity index is 1260. The van der Waals surface area contributed by atoms with E-state index in [9.17, 15) is 8.42 Å². The van der Waals surface area contributed by atoms with E-state index < -0.39 is 10.0 Å². The lowest BCUT2D eigenvalue weighted by atomic mass is 9.89. The van der Waals surface area contributed by atoms with E-state index in [0.717, 1.165) is 57.1 Å². The summed E-state index contributed by atoms with van der Waals surface area (Å²) in [6, 6.07) is 9.41. The van der Waals surface area contributed by atoms with Crippen molar-refractivity contribution in [2.24, 2.45) is 0 Å². The van der Waals surface area contributed by atoms with Crippen LogP contribution in [-0.4, -0.2) is 41.6 Å². The Labute approximate surface area is 218 Å². The number of benzene rings is 1. The van der Waals surface area contributed by atoms with Crippen LogP contribution >= 0.6 is 0 Å². The Morgan fingerprint density at radius 1 is 1.00 bits per heavy atom. The number of aromatic nitrogens is 2. The van der Waals surface area contributed by atoms with Crippen molar-refractivity contribution in [2.45, 2.75) is 91.0 Å². The highest BCUT2D eigenvalue weighted by molar-refractivity contribution is 7.88. The number of piperidine rings is 1. The summed E-state index contributed by atoms with van der Waals surface area (Å²) in [5, 5.41) is 1.29. The minimum absolute atomic E-state index is 0.359. The Balaban J connectivity index is 1.85. The van der Waals surface area contributed by atoms with Crippen LogP contribution in [0.25, 0.3) is 22.2 Å². The van der Waals surface area contributed by atoms with Crippen molar-refractivity contribution >= 4 is 20.9 Å². The summed E-state index contributed by atoms with van der Waals surface area (Å²) in [6.45, 7) is 10.2. The highest BCUT2D eigenvalue weighted by Crippen LogP contribution is 2.39. The van der Waals surface area contributed by atoms with Gasteiger partial charge in [-0.2, -0.15) is 0 Å². The number of aryl methyl sites for hydroxylation is 2. The molecule has 3 aromatic rings. The van der Waals surface area contributed by atoms with Crippen molar-refractivity contribution in [3.05, 3.63) is 53.3 Å². The number of nitrogens with zero attached hydrogens (tertiary/aromatic N) is 3. The first-order valence-electron chi connectivity index (χ1n) is 13.9. The molecule has 196 valence electrons. The van der Waals surface area contributed by atoms with Crippen molar-refractivity contribution in [2.75, 3.05) is 19.3 Å². The molecule has 1 fully saturated rings. The van der Waals surface area contributed by atoms with Crippen LogP contribution in [0.4, 0.5) is 0 Å². The molecule has 0 bridgehead atoms. The molecule has 1 aliphatic heterocycles. The molecule has 0 atom stereocenters. The minimum Gasteiger partial charge on any atom is -0.343 e. The SMILES string of the molecule is CCCC(CCC)n1cc(C2CCN(S(C)(=O)=O)CC2)c2cc(-c3c(CC)cccc3CC)ncc21. The van der Waals surface area contributed by atoms with Gasteiger partial charge in [0.15, 0.2) is 0 Å². The van der Waals surface area contributed by atoms with Gasteiger partial charge in [-0.05, 0) is 67.2 Å². The van der Waals surface area contributed by atoms with Crippen LogP contribution in [0.3, 0.4) is 0 Å². The molecule has 0 radical (unpaired) electrons. The van der Waals surface area contributed by atoms with Crippen LogP contribution in [0, 0.1) is 0 Å². The fourth-order valence-corrected chi connectivity index (χ4v) is 6.97. The summed E-state index contributed by atoms with van der Waals surface area (Å²) in [5.74, 6) is 0.359. The first kappa shape index (κ1) is 26.9. The highest BCUT2D eigenvalue weighted by Gasteiger charge is 2.29. The standard InChI is InChI=1S/C30H43N3O2S/c1-6-11-25(12-7-2)33-21-27(24-15-17-32(18-16-24)36(5,34)35)26-19-28(31-20-29(26)33)30-22(8-3)13-10-14-23(30)9-4/h10,13-14,19-21,24-25H,6-9,11-12,15-18H2,1-5H3. The average Bonchev–Trinajstić information content (AvgIpc) is 3.26. The zero-order chi connectivity index (χ0) is 25.9. The topological polar surface area (TPSA) is 55.2 Å². The van der Waals surface area contributed by atoms with E-state index in [-0.39, 0.29) is 0 Å². The van der Waals surface area contributed by atoms with E-state index in [0.29, 0.717) is 25.0 Å². The summed E-state index contributed by atoms with van der Waals surface area (Å²) in [6.07, 6.45) is 14.1. The number of hydrogen-bond acceptors (Lipinski definition) is 3. The van der Waals surface area contributed by atoms with Gasteiger partial charge in [0.1, 0.15) is 0 Å². The molecule has 0 unspecified atom stereocenters. The molecule has 1 aliphatic rings. The van der Waals surface area contributed by atoms with Crippen molar-refractivity contribution in [1.82, 2.24) is 13.9 Å². The van der Waals surface area contributed by atoms with Gasteiger partial charge in [0.05, 0.1) is 23.7 Å². The van der Waals surface area contributed by atoms with E-state index >= 15 is 0 Å². The summed E-state index contributed by atoms with van der Waals surface area (Å²) in [5.41, 5.74) is 7.63. The molecule has 0 aliphatic carbocycles. The molecular formula is C30H43N3O2S. The monoisotopic (exact) mass is 509 g/mol. The van der Waals surface area contributed by atoms with Gasteiger partial charge in [0.25, 0.3) is 0 Å². The third-order valence-electron chi connectivity index (χ3n) is 8.01. The number of hydrogen-bond donors (Lipinski definition) is 0. The van der Waals surface area contributed by atoms with Crippen molar-refractivity contribution < 1.29 is 8.42 Å². The molecule has 0 spiro atoms. The Morgan fingerprint density at radius 2 is 1.61 bits per heavy atom. The normalized spacial score (nSPS) is 15.8. The van der Waals surface area contributed by atoms with E-state index in [1.165, 1.54) is 39.4 Å². The van der Waals surface area contributed by atoms with Gasteiger partial charge >= 0.3 is 0 Å². The third-order valence-corrected chi connectivity index (χ3v) is 9.31. The average molecular weight is 510 g/mol. The molecule has 6 heteroatoms. The van der Waals surface area contributed by atoms with Gasteiger partial charge in [-0.25, -0.2) is 12.7 Å². The van der Waals surface area contributed by atoms with Crippen LogP contribution in [0.5, 0.6) is 0 Å². The van der Waals surface area contributed by atoms with Gasteiger partial charge in [0, 0.05) is 36.3 Å². The molecule has 1 saturated heterocycles. The molecular weight excluding hydrogens is 466 g/mol. The first-order valence-corrected chi connectivity index (χ1v) is 15.7. The van der Waals surface area contributed by atoms with Crippen LogP contribution in [0.1, 0.15) is 94.9 Å².